The van der Waals surface area contributed by atoms with Crippen LogP contribution in [-0.4, -0.2) is 11.8 Å². The molecule has 1 unspecified atom stereocenters. The fourth-order valence-electron chi connectivity index (χ4n) is 1.90. The van der Waals surface area contributed by atoms with Gasteiger partial charge in [0.15, 0.2) is 0 Å². The Labute approximate surface area is 88.5 Å². The molecule has 78 valence electrons. The molecule has 1 aromatic rings. The molecule has 0 bridgehead atoms. The molecule has 15 heavy (non-hydrogen) atoms. The van der Waals surface area contributed by atoms with Gasteiger partial charge in [0, 0.05) is 6.42 Å². The van der Waals surface area contributed by atoms with Crippen LogP contribution in [0.1, 0.15) is 29.9 Å². The molecular weight excluding hydrogens is 190 g/mol. The van der Waals surface area contributed by atoms with Crippen molar-refractivity contribution in [2.45, 2.75) is 25.7 Å². The number of carbonyl (C=O) groups is 2. The quantitative estimate of drug-likeness (QED) is 0.703. The van der Waals surface area contributed by atoms with E-state index in [4.69, 9.17) is 0 Å². The first-order chi connectivity index (χ1) is 7.16. The van der Waals surface area contributed by atoms with Gasteiger partial charge in [0.25, 0.3) is 0 Å². The zero-order valence-electron chi connectivity index (χ0n) is 8.62. The summed E-state index contributed by atoms with van der Waals surface area (Å²) in [5.74, 6) is -0.497. The zero-order valence-corrected chi connectivity index (χ0v) is 8.62. The highest BCUT2D eigenvalue weighted by molar-refractivity contribution is 6.00. The second-order valence-electron chi connectivity index (χ2n) is 3.92. The van der Waals surface area contributed by atoms with E-state index in [9.17, 15) is 9.59 Å². The van der Waals surface area contributed by atoms with E-state index in [0.29, 0.717) is 12.8 Å². The van der Waals surface area contributed by atoms with Crippen molar-refractivity contribution in [1.29, 1.82) is 0 Å². The van der Waals surface area contributed by atoms with Crippen LogP contribution < -0.4 is 5.32 Å². The molecule has 1 aliphatic heterocycles. The van der Waals surface area contributed by atoms with Crippen LogP contribution in [0.3, 0.4) is 0 Å². The monoisotopic (exact) mass is 203 g/mol. The molecule has 0 aliphatic carbocycles. The van der Waals surface area contributed by atoms with E-state index in [0.717, 1.165) is 11.1 Å². The lowest BCUT2D eigenvalue weighted by Crippen LogP contribution is -2.39. The van der Waals surface area contributed by atoms with E-state index in [-0.39, 0.29) is 17.7 Å². The van der Waals surface area contributed by atoms with Crippen LogP contribution in [0.5, 0.6) is 0 Å². The number of benzene rings is 1. The van der Waals surface area contributed by atoms with E-state index in [2.05, 4.69) is 5.32 Å². The minimum Gasteiger partial charge on any atom is -0.296 e. The van der Waals surface area contributed by atoms with Crippen molar-refractivity contribution in [3.05, 3.63) is 35.4 Å². The number of imide groups is 1. The van der Waals surface area contributed by atoms with Gasteiger partial charge in [-0.1, -0.05) is 29.8 Å². The molecule has 1 N–H and O–H groups in total. The van der Waals surface area contributed by atoms with Gasteiger partial charge in [-0.3, -0.25) is 14.9 Å². The molecule has 0 saturated carbocycles. The van der Waals surface area contributed by atoms with Gasteiger partial charge in [-0.05, 0) is 18.9 Å². The van der Waals surface area contributed by atoms with Crippen molar-refractivity contribution in [1.82, 2.24) is 5.32 Å². The molecule has 3 heteroatoms. The lowest BCUT2D eigenvalue weighted by Gasteiger charge is -2.21. The van der Waals surface area contributed by atoms with Crippen molar-refractivity contribution >= 4 is 11.8 Å². The third kappa shape index (κ3) is 2.06. The minimum absolute atomic E-state index is 0.163. The first kappa shape index (κ1) is 9.90. The maximum Gasteiger partial charge on any atom is 0.234 e. The minimum atomic E-state index is -0.170. The standard InChI is InChI=1S/C12H13NO2/c1-8-3-2-4-9(7-8)10-5-6-11(14)13-12(10)15/h2-4,7,10H,5-6H2,1H3,(H,13,14,15). The SMILES string of the molecule is Cc1cccc(C2CCC(=O)NC2=O)c1. The number of nitrogens with one attached hydrogen (secondary N) is 1. The molecule has 1 atom stereocenters. The molecule has 0 spiro atoms. The summed E-state index contributed by atoms with van der Waals surface area (Å²) in [5, 5.41) is 2.37. The van der Waals surface area contributed by atoms with E-state index in [1.165, 1.54) is 0 Å². The van der Waals surface area contributed by atoms with Crippen LogP contribution in [0, 0.1) is 6.92 Å². The Morgan fingerprint density at radius 3 is 2.80 bits per heavy atom. The fourth-order valence-corrected chi connectivity index (χ4v) is 1.90. The zero-order chi connectivity index (χ0) is 10.8. The first-order valence-corrected chi connectivity index (χ1v) is 5.07. The van der Waals surface area contributed by atoms with Gasteiger partial charge < -0.3 is 0 Å². The van der Waals surface area contributed by atoms with Gasteiger partial charge in [-0.2, -0.15) is 0 Å². The molecule has 1 aliphatic rings. The summed E-state index contributed by atoms with van der Waals surface area (Å²) in [6.07, 6.45) is 1.05. The number of piperidine rings is 1. The average molecular weight is 203 g/mol. The summed E-state index contributed by atoms with van der Waals surface area (Å²) in [4.78, 5) is 22.6. The summed E-state index contributed by atoms with van der Waals surface area (Å²) in [5.41, 5.74) is 2.14. The number of aryl methyl sites for hydroxylation is 1. The second-order valence-corrected chi connectivity index (χ2v) is 3.92. The number of carbonyl (C=O) groups excluding carboxylic acids is 2. The van der Waals surface area contributed by atoms with Crippen LogP contribution in [0.15, 0.2) is 24.3 Å². The van der Waals surface area contributed by atoms with Gasteiger partial charge in [0.2, 0.25) is 11.8 Å². The Morgan fingerprint density at radius 1 is 1.33 bits per heavy atom. The van der Waals surface area contributed by atoms with Crippen LogP contribution in [0.2, 0.25) is 0 Å². The largest absolute Gasteiger partial charge is 0.296 e. The second kappa shape index (κ2) is 3.85. The Kier molecular flexibility index (Phi) is 2.54. The van der Waals surface area contributed by atoms with Crippen molar-refractivity contribution in [2.75, 3.05) is 0 Å². The van der Waals surface area contributed by atoms with Gasteiger partial charge >= 0.3 is 0 Å². The highest BCUT2D eigenvalue weighted by atomic mass is 16.2. The van der Waals surface area contributed by atoms with Crippen molar-refractivity contribution < 1.29 is 9.59 Å². The lowest BCUT2D eigenvalue weighted by molar-refractivity contribution is -0.134. The Balaban J connectivity index is 2.24. The van der Waals surface area contributed by atoms with Crippen LogP contribution in [0.25, 0.3) is 0 Å². The topological polar surface area (TPSA) is 46.2 Å². The third-order valence-electron chi connectivity index (χ3n) is 2.68. The van der Waals surface area contributed by atoms with E-state index >= 15 is 0 Å². The Hall–Kier alpha value is -1.64. The summed E-state index contributed by atoms with van der Waals surface area (Å²) in [6.45, 7) is 2.00. The summed E-state index contributed by atoms with van der Waals surface area (Å²) in [6, 6.07) is 7.87. The van der Waals surface area contributed by atoms with Gasteiger partial charge in [-0.15, -0.1) is 0 Å². The molecule has 1 heterocycles. The first-order valence-electron chi connectivity index (χ1n) is 5.07. The Bertz CT molecular complexity index is 412. The fraction of sp³-hybridized carbons (Fsp3) is 0.333. The van der Waals surface area contributed by atoms with Crippen LogP contribution in [-0.2, 0) is 9.59 Å². The molecule has 1 fully saturated rings. The van der Waals surface area contributed by atoms with Gasteiger partial charge in [-0.25, -0.2) is 0 Å². The lowest BCUT2D eigenvalue weighted by atomic mass is 9.90. The van der Waals surface area contributed by atoms with Crippen molar-refractivity contribution in [3.8, 4) is 0 Å². The third-order valence-corrected chi connectivity index (χ3v) is 2.68. The summed E-state index contributed by atoms with van der Waals surface area (Å²) in [7, 11) is 0. The number of amides is 2. The van der Waals surface area contributed by atoms with E-state index < -0.39 is 0 Å². The normalized spacial score (nSPS) is 21.3. The number of rotatable bonds is 1. The van der Waals surface area contributed by atoms with Crippen LogP contribution >= 0.6 is 0 Å². The van der Waals surface area contributed by atoms with E-state index in [1.807, 2.05) is 31.2 Å². The van der Waals surface area contributed by atoms with Crippen molar-refractivity contribution in [3.63, 3.8) is 0 Å². The molecule has 2 rings (SSSR count). The van der Waals surface area contributed by atoms with Crippen LogP contribution in [0.4, 0.5) is 0 Å². The molecule has 0 radical (unpaired) electrons. The molecule has 1 saturated heterocycles. The molecular formula is C12H13NO2. The summed E-state index contributed by atoms with van der Waals surface area (Å²) < 4.78 is 0. The van der Waals surface area contributed by atoms with E-state index in [1.54, 1.807) is 0 Å². The van der Waals surface area contributed by atoms with Crippen molar-refractivity contribution in [2.24, 2.45) is 0 Å². The molecule has 3 nitrogen and oxygen atoms in total. The smallest absolute Gasteiger partial charge is 0.234 e. The molecule has 2 amide bonds. The number of hydrogen-bond acceptors (Lipinski definition) is 2. The predicted molar refractivity (Wildman–Crippen MR) is 56.3 cm³/mol. The maximum atomic E-state index is 11.6. The highest BCUT2D eigenvalue weighted by Gasteiger charge is 2.27. The number of hydrogen-bond donors (Lipinski definition) is 1. The highest BCUT2D eigenvalue weighted by Crippen LogP contribution is 2.24. The maximum absolute atomic E-state index is 11.6. The predicted octanol–water partition coefficient (Wildman–Crippen LogP) is 1.52. The van der Waals surface area contributed by atoms with Gasteiger partial charge in [0.05, 0.1) is 5.92 Å². The molecule has 1 aromatic carbocycles. The molecule has 0 aromatic heterocycles. The average Bonchev–Trinajstić information content (AvgIpc) is 2.17. The van der Waals surface area contributed by atoms with Gasteiger partial charge in [0.1, 0.15) is 0 Å². The summed E-state index contributed by atoms with van der Waals surface area (Å²) >= 11 is 0. The Morgan fingerprint density at radius 2 is 2.13 bits per heavy atom.